The van der Waals surface area contributed by atoms with E-state index in [4.69, 9.17) is 0 Å². The van der Waals surface area contributed by atoms with Crippen molar-refractivity contribution in [3.8, 4) is 0 Å². The van der Waals surface area contributed by atoms with E-state index in [1.807, 2.05) is 0 Å². The second-order valence-electron chi connectivity index (χ2n) is 5.98. The summed E-state index contributed by atoms with van der Waals surface area (Å²) in [6.07, 6.45) is 5.99. The molecule has 3 unspecified atom stereocenters. The molecule has 1 N–H and O–H groups in total. The summed E-state index contributed by atoms with van der Waals surface area (Å²) in [6, 6.07) is 1.26. The van der Waals surface area contributed by atoms with Crippen LogP contribution in [-0.4, -0.2) is 35.6 Å². The summed E-state index contributed by atoms with van der Waals surface area (Å²) in [5.74, 6) is 0.769. The molecule has 1 aliphatic heterocycles. The van der Waals surface area contributed by atoms with Gasteiger partial charge in [0.25, 0.3) is 0 Å². The summed E-state index contributed by atoms with van der Waals surface area (Å²) < 4.78 is 0. The number of nitrogens with one attached hydrogen (secondary N) is 1. The molecule has 2 aliphatic rings. The van der Waals surface area contributed by atoms with Gasteiger partial charge in [-0.05, 0) is 33.1 Å². The lowest BCUT2D eigenvalue weighted by Crippen LogP contribution is -2.64. The van der Waals surface area contributed by atoms with Crippen molar-refractivity contribution in [1.29, 1.82) is 0 Å². The van der Waals surface area contributed by atoms with Crippen LogP contribution in [-0.2, 0) is 0 Å². The normalized spacial score (nSPS) is 37.7. The maximum absolute atomic E-state index is 3.68. The first-order valence-corrected chi connectivity index (χ1v) is 6.17. The number of hydrogen-bond acceptors (Lipinski definition) is 2. The van der Waals surface area contributed by atoms with E-state index < -0.39 is 0 Å². The van der Waals surface area contributed by atoms with Gasteiger partial charge in [0.05, 0.1) is 0 Å². The fourth-order valence-electron chi connectivity index (χ4n) is 2.94. The molecular weight excluding hydrogens is 184 g/mol. The topological polar surface area (TPSA) is 15.3 Å². The number of allylic oxidation sites excluding steroid dienone is 1. The van der Waals surface area contributed by atoms with E-state index >= 15 is 0 Å². The molecule has 3 atom stereocenters. The van der Waals surface area contributed by atoms with E-state index in [0.717, 1.165) is 12.5 Å². The Hall–Kier alpha value is -0.340. The Bertz CT molecular complexity index is 252. The maximum atomic E-state index is 3.68. The van der Waals surface area contributed by atoms with Crippen molar-refractivity contribution >= 4 is 0 Å². The Kier molecular flexibility index (Phi) is 2.91. The van der Waals surface area contributed by atoms with Gasteiger partial charge in [-0.25, -0.2) is 0 Å². The highest BCUT2D eigenvalue weighted by Gasteiger charge is 2.38. The Morgan fingerprint density at radius 2 is 2.07 bits per heavy atom. The third kappa shape index (κ3) is 2.11. The van der Waals surface area contributed by atoms with E-state index in [-0.39, 0.29) is 5.54 Å². The zero-order valence-electron chi connectivity index (χ0n) is 10.5. The minimum absolute atomic E-state index is 0.284. The molecule has 1 heterocycles. The molecule has 0 aromatic rings. The van der Waals surface area contributed by atoms with Crippen LogP contribution in [0.1, 0.15) is 34.1 Å². The van der Waals surface area contributed by atoms with Crippen molar-refractivity contribution in [2.24, 2.45) is 5.92 Å². The summed E-state index contributed by atoms with van der Waals surface area (Å²) in [7, 11) is 0. The zero-order chi connectivity index (χ0) is 11.1. The van der Waals surface area contributed by atoms with E-state index in [0.29, 0.717) is 12.1 Å². The molecule has 0 saturated carbocycles. The van der Waals surface area contributed by atoms with Gasteiger partial charge in [0.2, 0.25) is 0 Å². The number of fused-ring (bicyclic) bond motifs is 1. The highest BCUT2D eigenvalue weighted by molar-refractivity contribution is 5.11. The molecule has 0 bridgehead atoms. The van der Waals surface area contributed by atoms with Gasteiger partial charge in [-0.2, -0.15) is 0 Å². The van der Waals surface area contributed by atoms with Crippen LogP contribution in [0.2, 0.25) is 0 Å². The van der Waals surface area contributed by atoms with Gasteiger partial charge in [0.15, 0.2) is 0 Å². The molecule has 15 heavy (non-hydrogen) atoms. The molecule has 0 spiro atoms. The third-order valence-electron chi connectivity index (χ3n) is 3.78. The van der Waals surface area contributed by atoms with E-state index in [9.17, 15) is 0 Å². The van der Waals surface area contributed by atoms with E-state index in [1.165, 1.54) is 13.0 Å². The second kappa shape index (κ2) is 3.91. The molecule has 0 radical (unpaired) electrons. The smallest absolute Gasteiger partial charge is 0.0440 e. The molecule has 2 heteroatoms. The number of hydrogen-bond donors (Lipinski definition) is 1. The summed E-state index contributed by atoms with van der Waals surface area (Å²) in [5.41, 5.74) is 0.284. The van der Waals surface area contributed by atoms with Crippen molar-refractivity contribution in [2.45, 2.75) is 51.7 Å². The maximum Gasteiger partial charge on any atom is 0.0440 e. The van der Waals surface area contributed by atoms with Gasteiger partial charge in [-0.15, -0.1) is 0 Å². The molecule has 0 amide bonds. The third-order valence-corrected chi connectivity index (χ3v) is 3.78. The lowest BCUT2D eigenvalue weighted by atomic mass is 9.83. The van der Waals surface area contributed by atoms with E-state index in [2.05, 4.69) is 50.1 Å². The summed E-state index contributed by atoms with van der Waals surface area (Å²) in [5, 5.41) is 3.68. The molecule has 1 saturated heterocycles. The van der Waals surface area contributed by atoms with Crippen molar-refractivity contribution in [2.75, 3.05) is 13.1 Å². The van der Waals surface area contributed by atoms with Crippen LogP contribution in [0.5, 0.6) is 0 Å². The molecule has 2 rings (SSSR count). The van der Waals surface area contributed by atoms with Crippen LogP contribution in [0, 0.1) is 5.92 Å². The Labute approximate surface area is 93.7 Å². The Morgan fingerprint density at radius 1 is 1.33 bits per heavy atom. The quantitative estimate of drug-likeness (QED) is 0.613. The predicted octanol–water partition coefficient (Wildman–Crippen LogP) is 2.02. The number of rotatable bonds is 0. The van der Waals surface area contributed by atoms with Crippen molar-refractivity contribution in [1.82, 2.24) is 10.2 Å². The largest absolute Gasteiger partial charge is 0.311 e. The molecule has 2 nitrogen and oxygen atoms in total. The van der Waals surface area contributed by atoms with Gasteiger partial charge >= 0.3 is 0 Å². The summed E-state index contributed by atoms with van der Waals surface area (Å²) in [6.45, 7) is 11.6. The predicted molar refractivity (Wildman–Crippen MR) is 65.0 cm³/mol. The molecule has 86 valence electrons. The Balaban J connectivity index is 2.20. The van der Waals surface area contributed by atoms with Crippen LogP contribution in [0.3, 0.4) is 0 Å². The molecule has 1 fully saturated rings. The average Bonchev–Trinajstić information content (AvgIpc) is 2.16. The van der Waals surface area contributed by atoms with Gasteiger partial charge in [-0.3, -0.25) is 4.90 Å². The lowest BCUT2D eigenvalue weighted by molar-refractivity contribution is 0.0399. The van der Waals surface area contributed by atoms with Crippen LogP contribution >= 0.6 is 0 Å². The average molecular weight is 208 g/mol. The van der Waals surface area contributed by atoms with Gasteiger partial charge < -0.3 is 5.32 Å². The minimum atomic E-state index is 0.284. The SMILES string of the molecule is CC1CC=CC2C1NCCN2C(C)(C)C. The summed E-state index contributed by atoms with van der Waals surface area (Å²) >= 11 is 0. The highest BCUT2D eigenvalue weighted by atomic mass is 15.3. The van der Waals surface area contributed by atoms with Crippen LogP contribution in [0.15, 0.2) is 12.2 Å². The van der Waals surface area contributed by atoms with E-state index in [1.54, 1.807) is 0 Å². The highest BCUT2D eigenvalue weighted by Crippen LogP contribution is 2.29. The minimum Gasteiger partial charge on any atom is -0.311 e. The zero-order valence-corrected chi connectivity index (χ0v) is 10.5. The first kappa shape index (κ1) is 11.2. The monoisotopic (exact) mass is 208 g/mol. The first-order valence-electron chi connectivity index (χ1n) is 6.17. The standard InChI is InChI=1S/C13H24N2/c1-10-6-5-7-11-12(10)14-8-9-15(11)13(2,3)4/h5,7,10-12,14H,6,8-9H2,1-4H3. The molecule has 0 aromatic carbocycles. The van der Waals surface area contributed by atoms with Gasteiger partial charge in [0, 0.05) is 30.7 Å². The van der Waals surface area contributed by atoms with Crippen LogP contribution < -0.4 is 5.32 Å². The fourth-order valence-corrected chi connectivity index (χ4v) is 2.94. The Morgan fingerprint density at radius 3 is 2.73 bits per heavy atom. The second-order valence-corrected chi connectivity index (χ2v) is 5.98. The molecular formula is C13H24N2. The number of piperazine rings is 1. The van der Waals surface area contributed by atoms with Crippen molar-refractivity contribution < 1.29 is 0 Å². The number of nitrogens with zero attached hydrogens (tertiary/aromatic N) is 1. The van der Waals surface area contributed by atoms with Crippen LogP contribution in [0.4, 0.5) is 0 Å². The van der Waals surface area contributed by atoms with Gasteiger partial charge in [0.1, 0.15) is 0 Å². The molecule has 1 aliphatic carbocycles. The van der Waals surface area contributed by atoms with Crippen molar-refractivity contribution in [3.05, 3.63) is 12.2 Å². The first-order chi connectivity index (χ1) is 7.00. The molecule has 0 aromatic heterocycles. The van der Waals surface area contributed by atoms with Crippen molar-refractivity contribution in [3.63, 3.8) is 0 Å². The van der Waals surface area contributed by atoms with Crippen LogP contribution in [0.25, 0.3) is 0 Å². The lowest BCUT2D eigenvalue weighted by Gasteiger charge is -2.50. The summed E-state index contributed by atoms with van der Waals surface area (Å²) in [4.78, 5) is 2.64. The van der Waals surface area contributed by atoms with Gasteiger partial charge in [-0.1, -0.05) is 19.1 Å². The fraction of sp³-hybridized carbons (Fsp3) is 0.846.